The van der Waals surface area contributed by atoms with E-state index in [-0.39, 0.29) is 12.4 Å². The molecule has 0 amide bonds. The molecule has 1 rings (SSSR count). The summed E-state index contributed by atoms with van der Waals surface area (Å²) >= 11 is 0. The van der Waals surface area contributed by atoms with Crippen molar-refractivity contribution in [1.82, 2.24) is 0 Å². The molecule has 1 aromatic carbocycles. The zero-order valence-corrected chi connectivity index (χ0v) is 7.78. The molecule has 0 aromatic heterocycles. The van der Waals surface area contributed by atoms with Crippen LogP contribution in [-0.2, 0) is 5.60 Å². The van der Waals surface area contributed by atoms with E-state index in [1.54, 1.807) is 19.1 Å². The second-order valence-corrected chi connectivity index (χ2v) is 3.43. The standard InChI is InChI=1S/C10H14O3/c1-7-3-4-8(5-9(7)12)10(2,13)6-11/h3-5,11-13H,6H2,1-2H3. The molecule has 1 unspecified atom stereocenters. The normalized spacial score (nSPS) is 15.4. The summed E-state index contributed by atoms with van der Waals surface area (Å²) in [5.41, 5.74) is -0.0267. The summed E-state index contributed by atoms with van der Waals surface area (Å²) in [6, 6.07) is 4.85. The van der Waals surface area contributed by atoms with Gasteiger partial charge in [0.15, 0.2) is 0 Å². The van der Waals surface area contributed by atoms with Gasteiger partial charge in [0.1, 0.15) is 11.4 Å². The fraction of sp³-hybridized carbons (Fsp3) is 0.400. The lowest BCUT2D eigenvalue weighted by Crippen LogP contribution is -2.25. The first kappa shape index (κ1) is 10.0. The average molecular weight is 182 g/mol. The number of hydrogen-bond donors (Lipinski definition) is 3. The summed E-state index contributed by atoms with van der Waals surface area (Å²) in [6.07, 6.45) is 0. The molecular weight excluding hydrogens is 168 g/mol. The van der Waals surface area contributed by atoms with Gasteiger partial charge in [-0.25, -0.2) is 0 Å². The molecular formula is C10H14O3. The number of hydrogen-bond acceptors (Lipinski definition) is 3. The maximum absolute atomic E-state index is 9.65. The van der Waals surface area contributed by atoms with E-state index in [0.29, 0.717) is 5.56 Å². The molecule has 0 spiro atoms. The minimum absolute atomic E-state index is 0.131. The highest BCUT2D eigenvalue weighted by Gasteiger charge is 2.22. The van der Waals surface area contributed by atoms with E-state index >= 15 is 0 Å². The Morgan fingerprint density at radius 3 is 2.46 bits per heavy atom. The minimum Gasteiger partial charge on any atom is -0.508 e. The average Bonchev–Trinajstić information content (AvgIpc) is 2.09. The third kappa shape index (κ3) is 1.99. The number of phenols is 1. The van der Waals surface area contributed by atoms with Crippen molar-refractivity contribution in [2.75, 3.05) is 6.61 Å². The summed E-state index contributed by atoms with van der Waals surface area (Å²) in [6.45, 7) is 2.90. The number of aliphatic hydroxyl groups excluding tert-OH is 1. The second-order valence-electron chi connectivity index (χ2n) is 3.43. The smallest absolute Gasteiger partial charge is 0.118 e. The van der Waals surface area contributed by atoms with E-state index in [0.717, 1.165) is 5.56 Å². The van der Waals surface area contributed by atoms with Gasteiger partial charge >= 0.3 is 0 Å². The van der Waals surface area contributed by atoms with Gasteiger partial charge in [-0.2, -0.15) is 0 Å². The van der Waals surface area contributed by atoms with Crippen molar-refractivity contribution in [3.63, 3.8) is 0 Å². The van der Waals surface area contributed by atoms with Crippen molar-refractivity contribution in [1.29, 1.82) is 0 Å². The maximum Gasteiger partial charge on any atom is 0.118 e. The molecule has 3 N–H and O–H groups in total. The van der Waals surface area contributed by atoms with Gasteiger partial charge in [-0.1, -0.05) is 12.1 Å². The lowest BCUT2D eigenvalue weighted by atomic mass is 9.96. The van der Waals surface area contributed by atoms with Crippen LogP contribution < -0.4 is 0 Å². The van der Waals surface area contributed by atoms with Gasteiger partial charge in [-0.15, -0.1) is 0 Å². The number of aromatic hydroxyl groups is 1. The highest BCUT2D eigenvalue weighted by molar-refractivity contribution is 5.37. The molecule has 0 radical (unpaired) electrons. The first-order chi connectivity index (χ1) is 5.97. The van der Waals surface area contributed by atoms with Crippen LogP contribution in [0.4, 0.5) is 0 Å². The lowest BCUT2D eigenvalue weighted by Gasteiger charge is -2.21. The summed E-state index contributed by atoms with van der Waals surface area (Å²) < 4.78 is 0. The first-order valence-corrected chi connectivity index (χ1v) is 4.11. The molecule has 13 heavy (non-hydrogen) atoms. The Kier molecular flexibility index (Phi) is 2.59. The number of phenolic OH excluding ortho intramolecular Hbond substituents is 1. The summed E-state index contributed by atoms with van der Waals surface area (Å²) in [5, 5.41) is 27.9. The number of aryl methyl sites for hydroxylation is 1. The van der Waals surface area contributed by atoms with E-state index in [2.05, 4.69) is 0 Å². The summed E-state index contributed by atoms with van der Waals surface area (Å²) in [7, 11) is 0. The number of benzene rings is 1. The molecule has 0 fully saturated rings. The van der Waals surface area contributed by atoms with Crippen molar-refractivity contribution in [3.05, 3.63) is 29.3 Å². The fourth-order valence-corrected chi connectivity index (χ4v) is 1.04. The van der Waals surface area contributed by atoms with Crippen LogP contribution in [0.15, 0.2) is 18.2 Å². The van der Waals surface area contributed by atoms with Gasteiger partial charge in [0.05, 0.1) is 6.61 Å². The zero-order valence-electron chi connectivity index (χ0n) is 7.78. The molecule has 3 nitrogen and oxygen atoms in total. The van der Waals surface area contributed by atoms with Crippen LogP contribution in [0, 0.1) is 6.92 Å². The Morgan fingerprint density at radius 1 is 1.38 bits per heavy atom. The topological polar surface area (TPSA) is 60.7 Å². The van der Waals surface area contributed by atoms with Gasteiger partial charge in [0.25, 0.3) is 0 Å². The van der Waals surface area contributed by atoms with Gasteiger partial charge in [-0.3, -0.25) is 0 Å². The Morgan fingerprint density at radius 2 is 2.00 bits per heavy atom. The van der Waals surface area contributed by atoms with Crippen LogP contribution in [0.5, 0.6) is 5.75 Å². The van der Waals surface area contributed by atoms with Crippen LogP contribution >= 0.6 is 0 Å². The molecule has 0 aliphatic heterocycles. The minimum atomic E-state index is -1.29. The number of rotatable bonds is 2. The highest BCUT2D eigenvalue weighted by Crippen LogP contribution is 2.25. The number of aliphatic hydroxyl groups is 2. The van der Waals surface area contributed by atoms with Crippen LogP contribution in [0.2, 0.25) is 0 Å². The molecule has 1 atom stereocenters. The second kappa shape index (κ2) is 3.36. The van der Waals surface area contributed by atoms with Gasteiger partial charge in [-0.05, 0) is 31.0 Å². The lowest BCUT2D eigenvalue weighted by molar-refractivity contribution is -0.00243. The molecule has 72 valence electrons. The SMILES string of the molecule is Cc1ccc(C(C)(O)CO)cc1O. The molecule has 0 saturated heterocycles. The van der Waals surface area contributed by atoms with Crippen molar-refractivity contribution in [2.45, 2.75) is 19.4 Å². The maximum atomic E-state index is 9.65. The van der Waals surface area contributed by atoms with Crippen molar-refractivity contribution in [3.8, 4) is 5.75 Å². The quantitative estimate of drug-likeness (QED) is 0.636. The Bertz CT molecular complexity index is 305. The first-order valence-electron chi connectivity index (χ1n) is 4.11. The van der Waals surface area contributed by atoms with Crippen molar-refractivity contribution >= 4 is 0 Å². The predicted molar refractivity (Wildman–Crippen MR) is 49.5 cm³/mol. The molecule has 3 heteroatoms. The Hall–Kier alpha value is -1.06. The van der Waals surface area contributed by atoms with Gasteiger partial charge in [0, 0.05) is 0 Å². The third-order valence-electron chi connectivity index (χ3n) is 2.14. The van der Waals surface area contributed by atoms with E-state index in [9.17, 15) is 10.2 Å². The van der Waals surface area contributed by atoms with E-state index in [1.807, 2.05) is 0 Å². The van der Waals surface area contributed by atoms with Crippen LogP contribution in [0.3, 0.4) is 0 Å². The van der Waals surface area contributed by atoms with Crippen LogP contribution in [0.25, 0.3) is 0 Å². The van der Waals surface area contributed by atoms with E-state index in [4.69, 9.17) is 5.11 Å². The molecule has 0 aliphatic carbocycles. The van der Waals surface area contributed by atoms with Gasteiger partial charge < -0.3 is 15.3 Å². The fourth-order valence-electron chi connectivity index (χ4n) is 1.04. The van der Waals surface area contributed by atoms with Gasteiger partial charge in [0.2, 0.25) is 0 Å². The largest absolute Gasteiger partial charge is 0.508 e. The monoisotopic (exact) mass is 182 g/mol. The summed E-state index contributed by atoms with van der Waals surface area (Å²) in [4.78, 5) is 0. The van der Waals surface area contributed by atoms with Crippen molar-refractivity contribution in [2.24, 2.45) is 0 Å². The highest BCUT2D eigenvalue weighted by atomic mass is 16.3. The molecule has 0 aliphatic rings. The Labute approximate surface area is 77.3 Å². The molecule has 0 heterocycles. The molecule has 1 aromatic rings. The Balaban J connectivity index is 3.10. The molecule has 0 bridgehead atoms. The van der Waals surface area contributed by atoms with E-state index < -0.39 is 5.60 Å². The summed E-state index contributed by atoms with van der Waals surface area (Å²) in [5.74, 6) is 0.131. The predicted octanol–water partition coefficient (Wildman–Crippen LogP) is 0.900. The van der Waals surface area contributed by atoms with Crippen LogP contribution in [-0.4, -0.2) is 21.9 Å². The van der Waals surface area contributed by atoms with E-state index in [1.165, 1.54) is 13.0 Å². The van der Waals surface area contributed by atoms with Crippen LogP contribution in [0.1, 0.15) is 18.1 Å². The van der Waals surface area contributed by atoms with Crippen molar-refractivity contribution < 1.29 is 15.3 Å². The molecule has 0 saturated carbocycles. The third-order valence-corrected chi connectivity index (χ3v) is 2.14. The zero-order chi connectivity index (χ0) is 10.1.